The second kappa shape index (κ2) is 4.04. The molecule has 1 heterocycles. The normalized spacial score (nSPS) is 17.2. The van der Waals surface area contributed by atoms with E-state index in [0.717, 1.165) is 19.3 Å². The minimum absolute atomic E-state index is 0.276. The third-order valence-corrected chi connectivity index (χ3v) is 5.32. The molecular weight excluding hydrogens is 242 g/mol. The second-order valence-corrected chi connectivity index (χ2v) is 6.34. The average molecular weight is 257 g/mol. The molecule has 0 saturated heterocycles. The molecule has 2 aromatic rings. The van der Waals surface area contributed by atoms with Gasteiger partial charge in [0.05, 0.1) is 5.54 Å². The summed E-state index contributed by atoms with van der Waals surface area (Å²) in [7, 11) is 0. The Balaban J connectivity index is 2.16. The first-order chi connectivity index (χ1) is 8.66. The quantitative estimate of drug-likeness (QED) is 0.584. The lowest BCUT2D eigenvalue weighted by molar-refractivity contribution is 0.256. The van der Waals surface area contributed by atoms with E-state index >= 15 is 0 Å². The Bertz CT molecular complexity index is 660. The maximum absolute atomic E-state index is 10.6. The molecule has 0 amide bonds. The fourth-order valence-corrected chi connectivity index (χ4v) is 3.81. The van der Waals surface area contributed by atoms with Crippen molar-refractivity contribution in [1.29, 1.82) is 0 Å². The summed E-state index contributed by atoms with van der Waals surface area (Å²) in [6.45, 7) is 4.32. The molecule has 0 spiro atoms. The van der Waals surface area contributed by atoms with Crippen molar-refractivity contribution in [3.05, 3.63) is 34.2 Å². The molecule has 18 heavy (non-hydrogen) atoms. The summed E-state index contributed by atoms with van der Waals surface area (Å²) in [6, 6.07) is 6.51. The molecule has 0 atom stereocenters. The molecule has 1 fully saturated rings. The van der Waals surface area contributed by atoms with E-state index in [9.17, 15) is 4.79 Å². The molecule has 1 aliphatic rings. The number of thiophene rings is 1. The van der Waals surface area contributed by atoms with Crippen LogP contribution < -0.4 is 0 Å². The van der Waals surface area contributed by atoms with E-state index in [2.05, 4.69) is 37.0 Å². The first-order valence-electron chi connectivity index (χ1n) is 6.25. The molecule has 92 valence electrons. The molecule has 1 aromatic heterocycles. The van der Waals surface area contributed by atoms with Crippen LogP contribution in [0, 0.1) is 13.8 Å². The summed E-state index contributed by atoms with van der Waals surface area (Å²) >= 11 is 1.82. The molecule has 3 heteroatoms. The molecular formula is C15H15NOS. The highest BCUT2D eigenvalue weighted by Gasteiger charge is 2.38. The molecule has 0 radical (unpaired) electrons. The highest BCUT2D eigenvalue weighted by molar-refractivity contribution is 7.19. The van der Waals surface area contributed by atoms with Gasteiger partial charge in [-0.1, -0.05) is 12.1 Å². The summed E-state index contributed by atoms with van der Waals surface area (Å²) < 4.78 is 1.30. The van der Waals surface area contributed by atoms with Crippen LogP contribution in [0.1, 0.15) is 35.3 Å². The third kappa shape index (κ3) is 1.55. The van der Waals surface area contributed by atoms with Crippen LogP contribution in [0.25, 0.3) is 10.1 Å². The topological polar surface area (TPSA) is 29.4 Å². The van der Waals surface area contributed by atoms with Gasteiger partial charge in [0.1, 0.15) is 0 Å². The third-order valence-electron chi connectivity index (χ3n) is 4.15. The Morgan fingerprint density at radius 3 is 2.72 bits per heavy atom. The zero-order valence-electron chi connectivity index (χ0n) is 10.6. The monoisotopic (exact) mass is 257 g/mol. The van der Waals surface area contributed by atoms with Gasteiger partial charge in [-0.05, 0) is 55.7 Å². The Kier molecular flexibility index (Phi) is 2.61. The lowest BCUT2D eigenvalue weighted by atomic mass is 9.72. The van der Waals surface area contributed by atoms with Crippen molar-refractivity contribution in [2.45, 2.75) is 38.6 Å². The average Bonchev–Trinajstić information content (AvgIpc) is 2.59. The molecule has 1 saturated carbocycles. The molecule has 3 rings (SSSR count). The van der Waals surface area contributed by atoms with Crippen LogP contribution in [0.5, 0.6) is 0 Å². The number of hydrogen-bond donors (Lipinski definition) is 0. The summed E-state index contributed by atoms with van der Waals surface area (Å²) in [5, 5.41) is 1.32. The van der Waals surface area contributed by atoms with Gasteiger partial charge in [0.15, 0.2) is 0 Å². The van der Waals surface area contributed by atoms with Gasteiger partial charge in [0.2, 0.25) is 6.08 Å². The maximum Gasteiger partial charge on any atom is 0.235 e. The minimum atomic E-state index is -0.276. The van der Waals surface area contributed by atoms with Crippen LogP contribution in [0.4, 0.5) is 0 Å². The van der Waals surface area contributed by atoms with Crippen molar-refractivity contribution in [3.8, 4) is 0 Å². The molecule has 1 aliphatic carbocycles. The van der Waals surface area contributed by atoms with Crippen LogP contribution in [0.2, 0.25) is 0 Å². The van der Waals surface area contributed by atoms with E-state index in [0.29, 0.717) is 0 Å². The Morgan fingerprint density at radius 1 is 1.33 bits per heavy atom. The highest BCUT2D eigenvalue weighted by Crippen LogP contribution is 2.46. The van der Waals surface area contributed by atoms with E-state index < -0.39 is 0 Å². The smallest absolute Gasteiger partial charge is 0.211 e. The number of fused-ring (bicyclic) bond motifs is 1. The predicted octanol–water partition coefficient (Wildman–Crippen LogP) is 4.23. The van der Waals surface area contributed by atoms with Crippen LogP contribution >= 0.6 is 11.3 Å². The fourth-order valence-electron chi connectivity index (χ4n) is 2.70. The molecule has 0 unspecified atom stereocenters. The Hall–Kier alpha value is -1.44. The molecule has 2 nitrogen and oxygen atoms in total. The van der Waals surface area contributed by atoms with Crippen molar-refractivity contribution in [3.63, 3.8) is 0 Å². The van der Waals surface area contributed by atoms with Crippen molar-refractivity contribution in [2.24, 2.45) is 4.99 Å². The van der Waals surface area contributed by atoms with E-state index in [4.69, 9.17) is 0 Å². The largest absolute Gasteiger partial charge is 0.235 e. The van der Waals surface area contributed by atoms with Crippen molar-refractivity contribution in [1.82, 2.24) is 0 Å². The van der Waals surface area contributed by atoms with Crippen molar-refractivity contribution in [2.75, 3.05) is 0 Å². The van der Waals surface area contributed by atoms with E-state index in [1.165, 1.54) is 26.1 Å². The first kappa shape index (κ1) is 11.6. The van der Waals surface area contributed by atoms with Gasteiger partial charge in [-0.25, -0.2) is 4.79 Å². The number of isocyanates is 1. The summed E-state index contributed by atoms with van der Waals surface area (Å²) in [5.74, 6) is 0. The second-order valence-electron chi connectivity index (χ2n) is 5.08. The van der Waals surface area contributed by atoms with E-state index in [1.54, 1.807) is 6.08 Å². The van der Waals surface area contributed by atoms with Gasteiger partial charge in [0.25, 0.3) is 0 Å². The van der Waals surface area contributed by atoms with Crippen molar-refractivity contribution >= 4 is 27.5 Å². The Morgan fingerprint density at radius 2 is 2.11 bits per heavy atom. The summed E-state index contributed by atoms with van der Waals surface area (Å²) in [5.41, 5.74) is 2.26. The molecule has 1 aromatic carbocycles. The number of nitrogens with zero attached hydrogens (tertiary/aromatic N) is 1. The lowest BCUT2D eigenvalue weighted by Crippen LogP contribution is -2.31. The number of benzene rings is 1. The van der Waals surface area contributed by atoms with Crippen LogP contribution in [0.15, 0.2) is 23.2 Å². The van der Waals surface area contributed by atoms with Crippen LogP contribution in [-0.4, -0.2) is 6.08 Å². The standard InChI is InChI=1S/C15H15NOS/c1-10-11(2)18-14-8-12(4-5-13(10)14)15(16-9-17)6-3-7-15/h4-5,8H,3,6-7H2,1-2H3. The van der Waals surface area contributed by atoms with Crippen LogP contribution in [-0.2, 0) is 10.3 Å². The number of aryl methyl sites for hydroxylation is 2. The lowest BCUT2D eigenvalue weighted by Gasteiger charge is -2.37. The molecule has 0 bridgehead atoms. The Labute approximate surface area is 110 Å². The molecule has 0 aliphatic heterocycles. The zero-order chi connectivity index (χ0) is 12.8. The van der Waals surface area contributed by atoms with Gasteiger partial charge in [-0.2, -0.15) is 4.99 Å². The van der Waals surface area contributed by atoms with Gasteiger partial charge >= 0.3 is 0 Å². The van der Waals surface area contributed by atoms with E-state index in [1.807, 2.05) is 11.3 Å². The van der Waals surface area contributed by atoms with Gasteiger partial charge < -0.3 is 0 Å². The first-order valence-corrected chi connectivity index (χ1v) is 7.07. The summed E-state index contributed by atoms with van der Waals surface area (Å²) in [6.07, 6.45) is 4.84. The van der Waals surface area contributed by atoms with E-state index in [-0.39, 0.29) is 5.54 Å². The SMILES string of the molecule is Cc1sc2cc(C3(N=C=O)CCC3)ccc2c1C. The zero-order valence-corrected chi connectivity index (χ0v) is 11.4. The highest BCUT2D eigenvalue weighted by atomic mass is 32.1. The number of hydrogen-bond acceptors (Lipinski definition) is 3. The van der Waals surface area contributed by atoms with Crippen LogP contribution in [0.3, 0.4) is 0 Å². The maximum atomic E-state index is 10.6. The number of carbonyl (C=O) groups excluding carboxylic acids is 1. The minimum Gasteiger partial charge on any atom is -0.211 e. The molecule has 0 N–H and O–H groups in total. The predicted molar refractivity (Wildman–Crippen MR) is 74.9 cm³/mol. The fraction of sp³-hybridized carbons (Fsp3) is 0.400. The summed E-state index contributed by atoms with van der Waals surface area (Å²) in [4.78, 5) is 16.1. The number of aliphatic imine (C=N–C) groups is 1. The van der Waals surface area contributed by atoms with Crippen molar-refractivity contribution < 1.29 is 4.79 Å². The van der Waals surface area contributed by atoms with Gasteiger partial charge in [0, 0.05) is 9.58 Å². The van der Waals surface area contributed by atoms with Gasteiger partial charge in [-0.15, -0.1) is 11.3 Å². The van der Waals surface area contributed by atoms with Gasteiger partial charge in [-0.3, -0.25) is 0 Å². The number of rotatable bonds is 2.